The van der Waals surface area contributed by atoms with Crippen LogP contribution in [0, 0.1) is 17.8 Å². The Morgan fingerprint density at radius 2 is 2.29 bits per heavy atom. The van der Waals surface area contributed by atoms with E-state index in [9.17, 15) is 9.90 Å². The van der Waals surface area contributed by atoms with Gasteiger partial charge in [0.2, 0.25) is 0 Å². The third kappa shape index (κ3) is 3.06. The molecule has 1 aromatic heterocycles. The molecule has 2 amide bonds. The number of aromatic nitrogens is 1. The van der Waals surface area contributed by atoms with E-state index in [0.29, 0.717) is 18.4 Å². The van der Waals surface area contributed by atoms with Crippen LogP contribution in [0.4, 0.5) is 4.79 Å². The number of urea groups is 1. The molecule has 2 fully saturated rings. The van der Waals surface area contributed by atoms with Crippen molar-refractivity contribution in [2.45, 2.75) is 45.2 Å². The largest absolute Gasteiger partial charge is 0.396 e. The van der Waals surface area contributed by atoms with Crippen molar-refractivity contribution in [1.82, 2.24) is 15.6 Å². The number of carbonyl (C=O) groups excluding carboxylic acids is 1. The number of aryl methyl sites for hydroxylation is 1. The lowest BCUT2D eigenvalue weighted by molar-refractivity contribution is 0.144. The number of hydrogen-bond donors (Lipinski definition) is 3. The Morgan fingerprint density at radius 1 is 1.48 bits per heavy atom. The van der Waals surface area contributed by atoms with Crippen LogP contribution in [0.3, 0.4) is 0 Å². The molecule has 0 saturated heterocycles. The molecule has 5 nitrogen and oxygen atoms in total. The van der Waals surface area contributed by atoms with Crippen LogP contribution < -0.4 is 10.6 Å². The van der Waals surface area contributed by atoms with Gasteiger partial charge >= 0.3 is 6.03 Å². The lowest BCUT2D eigenvalue weighted by Crippen LogP contribution is -2.48. The predicted molar refractivity (Wildman–Crippen MR) is 82.1 cm³/mol. The summed E-state index contributed by atoms with van der Waals surface area (Å²) in [6.45, 7) is 2.72. The highest BCUT2D eigenvalue weighted by atomic mass is 32.1. The van der Waals surface area contributed by atoms with Gasteiger partial charge in [0.1, 0.15) is 0 Å². The first-order valence-electron chi connectivity index (χ1n) is 7.79. The maximum atomic E-state index is 12.1. The summed E-state index contributed by atoms with van der Waals surface area (Å²) in [7, 11) is 0. The van der Waals surface area contributed by atoms with E-state index in [1.54, 1.807) is 11.3 Å². The average Bonchev–Trinajstić information content (AvgIpc) is 3.20. The smallest absolute Gasteiger partial charge is 0.315 e. The number of rotatable bonds is 5. The summed E-state index contributed by atoms with van der Waals surface area (Å²) >= 11 is 1.63. The average molecular weight is 309 g/mol. The van der Waals surface area contributed by atoms with Gasteiger partial charge in [-0.25, -0.2) is 9.78 Å². The molecule has 0 radical (unpaired) electrons. The van der Waals surface area contributed by atoms with E-state index < -0.39 is 0 Å². The van der Waals surface area contributed by atoms with Gasteiger partial charge in [-0.2, -0.15) is 0 Å². The number of aliphatic hydroxyl groups is 1. The molecule has 21 heavy (non-hydrogen) atoms. The summed E-state index contributed by atoms with van der Waals surface area (Å²) in [5.74, 6) is 1.38. The zero-order valence-electron chi connectivity index (χ0n) is 12.3. The maximum absolute atomic E-state index is 12.1. The van der Waals surface area contributed by atoms with Crippen LogP contribution in [-0.4, -0.2) is 28.8 Å². The Labute approximate surface area is 129 Å². The molecule has 2 aliphatic carbocycles. The highest BCUT2D eigenvalue weighted by molar-refractivity contribution is 7.09. The monoisotopic (exact) mass is 309 g/mol. The number of nitrogens with zero attached hydrogens (tertiary/aromatic N) is 1. The number of carbonyl (C=O) groups is 1. The number of nitrogens with one attached hydrogen (secondary N) is 2. The molecule has 3 N–H and O–H groups in total. The first kappa shape index (κ1) is 14.8. The van der Waals surface area contributed by atoms with Gasteiger partial charge in [0.05, 0.1) is 17.2 Å². The third-order valence-electron chi connectivity index (χ3n) is 4.93. The number of amides is 2. The molecule has 2 aliphatic rings. The number of hydrogen-bond acceptors (Lipinski definition) is 4. The zero-order chi connectivity index (χ0) is 14.8. The molecule has 4 unspecified atom stereocenters. The summed E-state index contributed by atoms with van der Waals surface area (Å²) in [5.41, 5.74) is 0.915. The first-order chi connectivity index (χ1) is 10.2. The predicted octanol–water partition coefficient (Wildman–Crippen LogP) is 1.91. The Morgan fingerprint density at radius 3 is 3.00 bits per heavy atom. The van der Waals surface area contributed by atoms with E-state index in [-0.39, 0.29) is 24.6 Å². The Balaban J connectivity index is 1.50. The molecule has 3 rings (SSSR count). The van der Waals surface area contributed by atoms with Gasteiger partial charge in [-0.3, -0.25) is 0 Å². The Kier molecular flexibility index (Phi) is 4.45. The van der Waals surface area contributed by atoms with Gasteiger partial charge in [0.25, 0.3) is 0 Å². The summed E-state index contributed by atoms with van der Waals surface area (Å²) in [4.78, 5) is 16.5. The van der Waals surface area contributed by atoms with Gasteiger partial charge in [-0.15, -0.1) is 11.3 Å². The Bertz CT molecular complexity index is 505. The fraction of sp³-hybridized carbons (Fsp3) is 0.733. The molecule has 116 valence electrons. The van der Waals surface area contributed by atoms with E-state index in [4.69, 9.17) is 0 Å². The minimum absolute atomic E-state index is 0.135. The van der Waals surface area contributed by atoms with Crippen molar-refractivity contribution in [3.8, 4) is 0 Å². The standard InChI is InChI=1S/C15H23N3O2S/c1-2-13-17-11(8-21-13)6-16-15(20)18-14-10-4-3-9(5-10)12(14)7-19/h8-10,12,14,19H,2-7H2,1H3,(H2,16,18,20). The summed E-state index contributed by atoms with van der Waals surface area (Å²) in [6.07, 6.45) is 4.47. The number of thiazole rings is 1. The molecule has 6 heteroatoms. The second-order valence-corrected chi connectivity index (χ2v) is 7.06. The maximum Gasteiger partial charge on any atom is 0.315 e. The van der Waals surface area contributed by atoms with Crippen molar-refractivity contribution in [1.29, 1.82) is 0 Å². The summed E-state index contributed by atoms with van der Waals surface area (Å²) in [5, 5.41) is 18.6. The van der Waals surface area contributed by atoms with E-state index in [2.05, 4.69) is 22.5 Å². The normalized spacial score (nSPS) is 30.6. The summed E-state index contributed by atoms with van der Waals surface area (Å²) in [6, 6.07) is -0.00700. The fourth-order valence-electron chi connectivity index (χ4n) is 3.86. The SMILES string of the molecule is CCc1nc(CNC(=O)NC2C3CCC(C3)C2CO)cs1. The first-order valence-corrected chi connectivity index (χ1v) is 8.67. The zero-order valence-corrected chi connectivity index (χ0v) is 13.2. The van der Waals surface area contributed by atoms with Gasteiger partial charge in [0.15, 0.2) is 0 Å². The van der Waals surface area contributed by atoms with Crippen molar-refractivity contribution in [2.75, 3.05) is 6.61 Å². The molecular formula is C15H23N3O2S. The van der Waals surface area contributed by atoms with E-state index in [0.717, 1.165) is 23.5 Å². The van der Waals surface area contributed by atoms with Crippen molar-refractivity contribution in [3.63, 3.8) is 0 Å². The molecule has 0 aromatic carbocycles. The van der Waals surface area contributed by atoms with Crippen LogP contribution in [0.15, 0.2) is 5.38 Å². The van der Waals surface area contributed by atoms with E-state index in [1.165, 1.54) is 12.8 Å². The van der Waals surface area contributed by atoms with Crippen molar-refractivity contribution < 1.29 is 9.90 Å². The molecule has 2 saturated carbocycles. The van der Waals surface area contributed by atoms with Crippen LogP contribution in [-0.2, 0) is 13.0 Å². The van der Waals surface area contributed by atoms with Gasteiger partial charge in [-0.05, 0) is 37.5 Å². The van der Waals surface area contributed by atoms with Gasteiger partial charge in [0, 0.05) is 23.9 Å². The van der Waals surface area contributed by atoms with Crippen molar-refractivity contribution >= 4 is 17.4 Å². The molecular weight excluding hydrogens is 286 g/mol. The van der Waals surface area contributed by atoms with Crippen LogP contribution in [0.5, 0.6) is 0 Å². The molecule has 4 atom stereocenters. The fourth-order valence-corrected chi connectivity index (χ4v) is 4.61. The molecule has 1 aromatic rings. The van der Waals surface area contributed by atoms with Crippen LogP contribution in [0.25, 0.3) is 0 Å². The second kappa shape index (κ2) is 6.32. The number of aliphatic hydroxyl groups excluding tert-OH is 1. The van der Waals surface area contributed by atoms with Crippen molar-refractivity contribution in [3.05, 3.63) is 16.1 Å². The van der Waals surface area contributed by atoms with Crippen LogP contribution >= 0.6 is 11.3 Å². The second-order valence-electron chi connectivity index (χ2n) is 6.12. The molecule has 1 heterocycles. The lowest BCUT2D eigenvalue weighted by Gasteiger charge is -2.30. The third-order valence-corrected chi connectivity index (χ3v) is 5.97. The van der Waals surface area contributed by atoms with Crippen molar-refractivity contribution in [2.24, 2.45) is 17.8 Å². The Hall–Kier alpha value is -1.14. The number of fused-ring (bicyclic) bond motifs is 2. The molecule has 2 bridgehead atoms. The molecule has 0 spiro atoms. The topological polar surface area (TPSA) is 74.2 Å². The highest BCUT2D eigenvalue weighted by Crippen LogP contribution is 2.48. The van der Waals surface area contributed by atoms with Crippen LogP contribution in [0.2, 0.25) is 0 Å². The lowest BCUT2D eigenvalue weighted by atomic mass is 9.85. The quantitative estimate of drug-likeness (QED) is 0.778. The molecule has 0 aliphatic heterocycles. The highest BCUT2D eigenvalue weighted by Gasteiger charge is 2.47. The van der Waals surface area contributed by atoms with E-state index in [1.807, 2.05) is 5.38 Å². The minimum atomic E-state index is -0.142. The summed E-state index contributed by atoms with van der Waals surface area (Å²) < 4.78 is 0. The minimum Gasteiger partial charge on any atom is -0.396 e. The van der Waals surface area contributed by atoms with E-state index >= 15 is 0 Å². The van der Waals surface area contributed by atoms with Gasteiger partial charge < -0.3 is 15.7 Å². The van der Waals surface area contributed by atoms with Crippen LogP contribution in [0.1, 0.15) is 36.9 Å². The van der Waals surface area contributed by atoms with Gasteiger partial charge in [-0.1, -0.05) is 6.92 Å².